The minimum atomic E-state index is 0. The van der Waals surface area contributed by atoms with Crippen molar-refractivity contribution in [3.63, 3.8) is 0 Å². The largest absolute Gasteiger partial charge is 1.00 e. The van der Waals surface area contributed by atoms with Crippen molar-refractivity contribution in [2.75, 3.05) is 0 Å². The monoisotopic (exact) mass is 470 g/mol. The Balaban J connectivity index is 0. The van der Waals surface area contributed by atoms with Gasteiger partial charge in [0.2, 0.25) is 0 Å². The third-order valence-electron chi connectivity index (χ3n) is 0. The maximum absolute atomic E-state index is 0. The summed E-state index contributed by atoms with van der Waals surface area (Å²) in [6.45, 7) is 0. The first-order chi connectivity index (χ1) is 0. The van der Waals surface area contributed by atoms with Gasteiger partial charge in [0.25, 0.3) is 0 Å². The Morgan fingerprint density at radius 1 is 0.500 bits per heavy atom. The average Bonchev–Trinajstić information content (AvgIpc) is 0. The van der Waals surface area contributed by atoms with E-state index < -0.39 is 0 Å². The predicted octanol–water partition coefficient (Wildman–Crippen LogP) is -9.00. The molecule has 6 heavy (non-hydrogen) atoms. The fourth-order valence-corrected chi connectivity index (χ4v) is 0. The van der Waals surface area contributed by atoms with E-state index in [1.165, 1.54) is 0 Å². The van der Waals surface area contributed by atoms with E-state index in [1.54, 1.807) is 0 Å². The molecular formula is Ag3BrCl2. The van der Waals surface area contributed by atoms with Crippen molar-refractivity contribution in [3.8, 4) is 0 Å². The number of hydrogen-bond donors (Lipinski definition) is 0. The predicted molar refractivity (Wildman–Crippen MR) is 0 cm³/mol. The second kappa shape index (κ2) is 40.8. The Hall–Kier alpha value is 3.28. The molecule has 6 heteroatoms. The van der Waals surface area contributed by atoms with Crippen LogP contribution < -0.4 is 41.8 Å². The standard InChI is InChI=1S/3Ag.BrH.2ClH/h;;;3*1H/q3*+1;;;/p-3. The second-order valence-electron chi connectivity index (χ2n) is 0. The molecule has 54 valence electrons. The summed E-state index contributed by atoms with van der Waals surface area (Å²) >= 11 is 0. The molecule has 0 saturated heterocycles. The van der Waals surface area contributed by atoms with Crippen molar-refractivity contribution in [1.29, 1.82) is 0 Å². The van der Waals surface area contributed by atoms with Gasteiger partial charge in [-0.15, -0.1) is 0 Å². The molecule has 0 spiro atoms. The quantitative estimate of drug-likeness (QED) is 0.306. The van der Waals surface area contributed by atoms with Crippen LogP contribution in [0.25, 0.3) is 0 Å². The van der Waals surface area contributed by atoms with Gasteiger partial charge in [0.15, 0.2) is 0 Å². The Bertz CT molecular complexity index is 8.75. The van der Waals surface area contributed by atoms with Crippen LogP contribution in [0.5, 0.6) is 0 Å². The number of halogens is 3. The van der Waals surface area contributed by atoms with Gasteiger partial charge in [-0.25, -0.2) is 0 Å². The first-order valence-electron chi connectivity index (χ1n) is 0. The molecule has 0 aliphatic rings. The molecule has 0 radical (unpaired) electrons. The van der Waals surface area contributed by atoms with Gasteiger partial charge in [0.05, 0.1) is 0 Å². The summed E-state index contributed by atoms with van der Waals surface area (Å²) in [5, 5.41) is 0. The summed E-state index contributed by atoms with van der Waals surface area (Å²) in [5.74, 6) is 0. The summed E-state index contributed by atoms with van der Waals surface area (Å²) in [5.41, 5.74) is 0. The van der Waals surface area contributed by atoms with E-state index in [1.807, 2.05) is 0 Å². The summed E-state index contributed by atoms with van der Waals surface area (Å²) in [6, 6.07) is 0. The summed E-state index contributed by atoms with van der Waals surface area (Å²) < 4.78 is 0. The average molecular weight is 474 g/mol. The second-order valence-corrected chi connectivity index (χ2v) is 0. The van der Waals surface area contributed by atoms with Gasteiger partial charge < -0.3 is 41.8 Å². The molecule has 0 aromatic carbocycles. The molecule has 0 rings (SSSR count). The third kappa shape index (κ3) is 26.7. The first-order valence-corrected chi connectivity index (χ1v) is 0. The zero-order valence-corrected chi connectivity index (χ0v) is 9.58. The molecule has 0 nitrogen and oxygen atoms in total. The van der Waals surface area contributed by atoms with Gasteiger partial charge >= 0.3 is 67.1 Å². The van der Waals surface area contributed by atoms with Crippen LogP contribution in [-0.2, 0) is 67.1 Å². The number of rotatable bonds is 0. The molecule has 0 bridgehead atoms. The van der Waals surface area contributed by atoms with E-state index in [2.05, 4.69) is 0 Å². The van der Waals surface area contributed by atoms with Crippen LogP contribution in [0.2, 0.25) is 0 Å². The molecule has 0 aromatic heterocycles. The molecule has 0 N–H and O–H groups in total. The van der Waals surface area contributed by atoms with Crippen molar-refractivity contribution >= 4 is 0 Å². The zero-order chi connectivity index (χ0) is 0. The van der Waals surface area contributed by atoms with E-state index in [-0.39, 0.29) is 109 Å². The smallest absolute Gasteiger partial charge is 1.00 e. The molecule has 0 saturated carbocycles. The van der Waals surface area contributed by atoms with Gasteiger partial charge in [-0.3, -0.25) is 0 Å². The Kier molecular flexibility index (Phi) is 402. The Morgan fingerprint density at radius 3 is 0.500 bits per heavy atom. The van der Waals surface area contributed by atoms with Crippen LogP contribution in [-0.4, -0.2) is 0 Å². The maximum Gasteiger partial charge on any atom is 1.00 e. The third-order valence-corrected chi connectivity index (χ3v) is 0. The van der Waals surface area contributed by atoms with Crippen LogP contribution in [0.1, 0.15) is 0 Å². The minimum Gasteiger partial charge on any atom is -1.00 e. The van der Waals surface area contributed by atoms with Crippen LogP contribution in [0.4, 0.5) is 0 Å². The maximum atomic E-state index is 0. The summed E-state index contributed by atoms with van der Waals surface area (Å²) in [6.07, 6.45) is 0. The van der Waals surface area contributed by atoms with Crippen molar-refractivity contribution in [2.45, 2.75) is 0 Å². The molecule has 0 amide bonds. The zero-order valence-electron chi connectivity index (χ0n) is 2.04. The fourth-order valence-electron chi connectivity index (χ4n) is 0. The molecule has 0 atom stereocenters. The molecular weight excluding hydrogens is 474 g/mol. The first kappa shape index (κ1) is 59.1. The van der Waals surface area contributed by atoms with Crippen LogP contribution in [0.3, 0.4) is 0 Å². The normalized spacial score (nSPS) is 0. The molecule has 0 aromatic rings. The van der Waals surface area contributed by atoms with Crippen molar-refractivity contribution in [2.24, 2.45) is 0 Å². The topological polar surface area (TPSA) is 0 Å². The minimum absolute atomic E-state index is 0. The van der Waals surface area contributed by atoms with Gasteiger partial charge in [0, 0.05) is 0 Å². The van der Waals surface area contributed by atoms with E-state index in [0.29, 0.717) is 0 Å². The Morgan fingerprint density at radius 2 is 0.500 bits per heavy atom. The van der Waals surface area contributed by atoms with E-state index in [9.17, 15) is 0 Å². The van der Waals surface area contributed by atoms with E-state index in [0.717, 1.165) is 0 Å². The van der Waals surface area contributed by atoms with Gasteiger partial charge in [0.1, 0.15) is 0 Å². The Labute approximate surface area is 107 Å². The SMILES string of the molecule is [Ag+].[Ag+].[Ag+].[Br-].[Cl-].[Cl-]. The van der Waals surface area contributed by atoms with Crippen LogP contribution >= 0.6 is 0 Å². The number of hydrogen-bond acceptors (Lipinski definition) is 0. The summed E-state index contributed by atoms with van der Waals surface area (Å²) in [4.78, 5) is 0. The molecule has 0 fully saturated rings. The van der Waals surface area contributed by atoms with Gasteiger partial charge in [-0.05, 0) is 0 Å². The molecule has 0 aliphatic carbocycles. The van der Waals surface area contributed by atoms with Gasteiger partial charge in [-0.2, -0.15) is 0 Å². The molecule has 0 aliphatic heterocycles. The molecule has 0 heterocycles. The van der Waals surface area contributed by atoms with Crippen molar-refractivity contribution in [3.05, 3.63) is 0 Å². The van der Waals surface area contributed by atoms with Crippen LogP contribution in [0, 0.1) is 0 Å². The van der Waals surface area contributed by atoms with E-state index in [4.69, 9.17) is 0 Å². The van der Waals surface area contributed by atoms with Crippen LogP contribution in [0.15, 0.2) is 0 Å². The molecule has 0 unspecified atom stereocenters. The van der Waals surface area contributed by atoms with E-state index >= 15 is 0 Å². The van der Waals surface area contributed by atoms with Gasteiger partial charge in [-0.1, -0.05) is 0 Å². The van der Waals surface area contributed by atoms with Crippen molar-refractivity contribution < 1.29 is 109 Å². The van der Waals surface area contributed by atoms with Crippen molar-refractivity contribution in [1.82, 2.24) is 0 Å². The summed E-state index contributed by atoms with van der Waals surface area (Å²) in [7, 11) is 0. The fraction of sp³-hybridized carbons (Fsp3) is 0.